The molecule has 0 fully saturated rings. The van der Waals surface area contributed by atoms with Crippen molar-refractivity contribution >= 4 is 31.8 Å². The molecule has 150 valence electrons. The number of alkyl halides is 3. The Hall–Kier alpha value is -2.94. The van der Waals surface area contributed by atoms with Crippen molar-refractivity contribution in [3.8, 4) is 11.5 Å². The molecule has 9 heteroatoms. The van der Waals surface area contributed by atoms with Crippen LogP contribution in [0.3, 0.4) is 0 Å². The van der Waals surface area contributed by atoms with Crippen molar-refractivity contribution in [3.63, 3.8) is 0 Å². The van der Waals surface area contributed by atoms with Gasteiger partial charge in [-0.15, -0.1) is 0 Å². The third kappa shape index (κ3) is 3.25. The molecule has 0 radical (unpaired) electrons. The standard InChI is InChI=1S/C20H16F3N3O2S/c1-3-29(27,28)17-10-12-6-4-5-7-14(12)24-18(17)19-25-15-11-13(20(21,22)23)8-9-16(15)26(19)2/h4-11H,3H2,1-2H3. The Morgan fingerprint density at radius 1 is 1.00 bits per heavy atom. The Kier molecular flexibility index (Phi) is 4.38. The van der Waals surface area contributed by atoms with Crippen molar-refractivity contribution in [2.45, 2.75) is 18.0 Å². The molecule has 0 bridgehead atoms. The minimum Gasteiger partial charge on any atom is -0.326 e. The Labute approximate surface area is 164 Å². The van der Waals surface area contributed by atoms with Crippen LogP contribution in [0.1, 0.15) is 12.5 Å². The van der Waals surface area contributed by atoms with Crippen LogP contribution in [0.15, 0.2) is 53.4 Å². The lowest BCUT2D eigenvalue weighted by Crippen LogP contribution is -2.09. The fraction of sp³-hybridized carbons (Fsp3) is 0.200. The number of pyridine rings is 1. The molecule has 29 heavy (non-hydrogen) atoms. The second-order valence-electron chi connectivity index (χ2n) is 6.63. The van der Waals surface area contributed by atoms with Crippen LogP contribution >= 0.6 is 0 Å². The third-order valence-electron chi connectivity index (χ3n) is 4.82. The summed E-state index contributed by atoms with van der Waals surface area (Å²) in [6.45, 7) is 1.53. The topological polar surface area (TPSA) is 64.8 Å². The maximum absolute atomic E-state index is 13.1. The van der Waals surface area contributed by atoms with Crippen LogP contribution in [0, 0.1) is 0 Å². The van der Waals surface area contributed by atoms with Gasteiger partial charge in [0.05, 0.1) is 32.8 Å². The number of benzene rings is 2. The summed E-state index contributed by atoms with van der Waals surface area (Å²) in [6, 6.07) is 11.8. The van der Waals surface area contributed by atoms with E-state index in [1.54, 1.807) is 35.9 Å². The van der Waals surface area contributed by atoms with E-state index in [9.17, 15) is 21.6 Å². The summed E-state index contributed by atoms with van der Waals surface area (Å²) < 4.78 is 66.2. The largest absolute Gasteiger partial charge is 0.416 e. The van der Waals surface area contributed by atoms with Crippen LogP contribution < -0.4 is 0 Å². The number of hydrogen-bond acceptors (Lipinski definition) is 4. The van der Waals surface area contributed by atoms with Gasteiger partial charge in [-0.3, -0.25) is 0 Å². The van der Waals surface area contributed by atoms with Crippen molar-refractivity contribution in [1.29, 1.82) is 0 Å². The molecule has 0 N–H and O–H groups in total. The van der Waals surface area contributed by atoms with Crippen LogP contribution in [0.25, 0.3) is 33.5 Å². The summed E-state index contributed by atoms with van der Waals surface area (Å²) in [5.74, 6) is 0.0550. The van der Waals surface area contributed by atoms with Gasteiger partial charge in [-0.25, -0.2) is 18.4 Å². The Bertz CT molecular complexity index is 1360. The van der Waals surface area contributed by atoms with Gasteiger partial charge in [0.15, 0.2) is 15.7 Å². The molecular weight excluding hydrogens is 403 g/mol. The van der Waals surface area contributed by atoms with E-state index in [0.29, 0.717) is 16.4 Å². The van der Waals surface area contributed by atoms with Gasteiger partial charge < -0.3 is 4.57 Å². The molecule has 2 heterocycles. The minimum atomic E-state index is -4.50. The highest BCUT2D eigenvalue weighted by Gasteiger charge is 2.31. The highest BCUT2D eigenvalue weighted by molar-refractivity contribution is 7.91. The normalized spacial score (nSPS) is 12.7. The summed E-state index contributed by atoms with van der Waals surface area (Å²) in [6.07, 6.45) is -4.50. The number of imidazole rings is 1. The lowest BCUT2D eigenvalue weighted by Gasteiger charge is -2.11. The zero-order valence-corrected chi connectivity index (χ0v) is 16.3. The SMILES string of the molecule is CCS(=O)(=O)c1cc2ccccc2nc1-c1nc2cc(C(F)(F)F)ccc2n1C. The molecule has 0 aliphatic carbocycles. The number of aryl methyl sites for hydroxylation is 1. The maximum Gasteiger partial charge on any atom is 0.416 e. The number of para-hydroxylation sites is 1. The summed E-state index contributed by atoms with van der Waals surface area (Å²) >= 11 is 0. The summed E-state index contributed by atoms with van der Waals surface area (Å²) in [4.78, 5) is 8.82. The van der Waals surface area contributed by atoms with Crippen LogP contribution in [0.5, 0.6) is 0 Å². The van der Waals surface area contributed by atoms with E-state index in [1.807, 2.05) is 0 Å². The van der Waals surface area contributed by atoms with Crippen LogP contribution in [-0.4, -0.2) is 28.7 Å². The summed E-state index contributed by atoms with van der Waals surface area (Å²) in [5, 5.41) is 0.654. The van der Waals surface area contributed by atoms with Crippen LogP contribution in [0.2, 0.25) is 0 Å². The van der Waals surface area contributed by atoms with Gasteiger partial charge in [-0.05, 0) is 30.3 Å². The quantitative estimate of drug-likeness (QED) is 0.487. The molecule has 0 atom stereocenters. The molecule has 4 aromatic rings. The van der Waals surface area contributed by atoms with E-state index in [1.165, 1.54) is 19.1 Å². The van der Waals surface area contributed by atoms with Crippen LogP contribution in [-0.2, 0) is 23.1 Å². The molecule has 0 saturated carbocycles. The average molecular weight is 419 g/mol. The zero-order chi connectivity index (χ0) is 21.0. The fourth-order valence-corrected chi connectivity index (χ4v) is 4.29. The van der Waals surface area contributed by atoms with Gasteiger partial charge in [-0.2, -0.15) is 13.2 Å². The number of halogens is 3. The van der Waals surface area contributed by atoms with Gasteiger partial charge >= 0.3 is 6.18 Å². The first kappa shape index (κ1) is 19.4. The average Bonchev–Trinajstić information content (AvgIpc) is 3.02. The fourth-order valence-electron chi connectivity index (χ4n) is 3.24. The van der Waals surface area contributed by atoms with Crippen molar-refractivity contribution < 1.29 is 21.6 Å². The zero-order valence-electron chi connectivity index (χ0n) is 15.5. The van der Waals surface area contributed by atoms with E-state index >= 15 is 0 Å². The van der Waals surface area contributed by atoms with Crippen molar-refractivity contribution in [1.82, 2.24) is 14.5 Å². The smallest absolute Gasteiger partial charge is 0.326 e. The summed E-state index contributed by atoms with van der Waals surface area (Å²) in [7, 11) is -2.03. The lowest BCUT2D eigenvalue weighted by atomic mass is 10.2. The van der Waals surface area contributed by atoms with Crippen molar-refractivity contribution in [3.05, 3.63) is 54.1 Å². The molecule has 5 nitrogen and oxygen atoms in total. The Morgan fingerprint density at radius 3 is 2.41 bits per heavy atom. The van der Waals surface area contributed by atoms with E-state index < -0.39 is 21.6 Å². The second kappa shape index (κ2) is 6.55. The first-order valence-electron chi connectivity index (χ1n) is 8.78. The van der Waals surface area contributed by atoms with Gasteiger partial charge in [0.2, 0.25) is 0 Å². The molecule has 2 aromatic carbocycles. The lowest BCUT2D eigenvalue weighted by molar-refractivity contribution is -0.137. The van der Waals surface area contributed by atoms with Gasteiger partial charge in [-0.1, -0.05) is 25.1 Å². The second-order valence-corrected chi connectivity index (χ2v) is 8.87. The number of sulfone groups is 1. The van der Waals surface area contributed by atoms with Gasteiger partial charge in [0, 0.05) is 12.4 Å². The Balaban J connectivity index is 2.04. The predicted octanol–water partition coefficient (Wildman–Crippen LogP) is 4.60. The monoisotopic (exact) mass is 419 g/mol. The van der Waals surface area contributed by atoms with Crippen LogP contribution in [0.4, 0.5) is 13.2 Å². The number of rotatable bonds is 3. The third-order valence-corrected chi connectivity index (χ3v) is 6.57. The minimum absolute atomic E-state index is 0.00755. The highest BCUT2D eigenvalue weighted by atomic mass is 32.2. The van der Waals surface area contributed by atoms with Crippen molar-refractivity contribution in [2.24, 2.45) is 7.05 Å². The first-order valence-corrected chi connectivity index (χ1v) is 10.4. The molecule has 0 amide bonds. The molecule has 0 spiro atoms. The molecular formula is C20H16F3N3O2S. The molecule has 0 saturated heterocycles. The number of hydrogen-bond donors (Lipinski definition) is 0. The molecule has 4 rings (SSSR count). The predicted molar refractivity (Wildman–Crippen MR) is 104 cm³/mol. The highest BCUT2D eigenvalue weighted by Crippen LogP contribution is 2.34. The molecule has 0 aliphatic rings. The first-order chi connectivity index (χ1) is 13.6. The molecule has 2 aromatic heterocycles. The number of aromatic nitrogens is 3. The molecule has 0 unspecified atom stereocenters. The van der Waals surface area contributed by atoms with E-state index in [2.05, 4.69) is 9.97 Å². The molecule has 0 aliphatic heterocycles. The van der Waals surface area contributed by atoms with E-state index in [4.69, 9.17) is 0 Å². The maximum atomic E-state index is 13.1. The Morgan fingerprint density at radius 2 is 1.72 bits per heavy atom. The number of nitrogens with zero attached hydrogens (tertiary/aromatic N) is 3. The van der Waals surface area contributed by atoms with Gasteiger partial charge in [0.25, 0.3) is 0 Å². The van der Waals surface area contributed by atoms with Gasteiger partial charge in [0.1, 0.15) is 5.69 Å². The van der Waals surface area contributed by atoms with E-state index in [-0.39, 0.29) is 27.7 Å². The summed E-state index contributed by atoms with van der Waals surface area (Å²) in [5.41, 5.74) is 0.441. The number of fused-ring (bicyclic) bond motifs is 2. The van der Waals surface area contributed by atoms with E-state index in [0.717, 1.165) is 12.1 Å². The van der Waals surface area contributed by atoms with Crippen molar-refractivity contribution in [2.75, 3.05) is 5.75 Å².